The standard InChI is InChI=1S/C19H17Cl2N3O2S/c1-10(2)23-9-12(7-11(23)3)8-13-17(25)22-19(27)24(18(13)26)15-6-4-5-14(20)16(15)21/h4-10H,1-3H3,(H,22,25,27)/b13-8-. The Bertz CT molecular complexity index is 995. The first-order chi connectivity index (χ1) is 12.7. The first-order valence-electron chi connectivity index (χ1n) is 8.24. The van der Waals surface area contributed by atoms with Gasteiger partial charge in [-0.25, -0.2) is 0 Å². The quantitative estimate of drug-likeness (QED) is 0.450. The van der Waals surface area contributed by atoms with Crippen molar-refractivity contribution in [3.05, 3.63) is 57.3 Å². The predicted molar refractivity (Wildman–Crippen MR) is 112 cm³/mol. The first kappa shape index (κ1) is 19.6. The van der Waals surface area contributed by atoms with Crippen LogP contribution in [-0.2, 0) is 9.59 Å². The number of nitrogens with one attached hydrogen (secondary N) is 1. The molecule has 0 spiro atoms. The molecular weight excluding hydrogens is 405 g/mol. The van der Waals surface area contributed by atoms with Crippen molar-refractivity contribution in [1.29, 1.82) is 0 Å². The summed E-state index contributed by atoms with van der Waals surface area (Å²) in [6, 6.07) is 7.06. The maximum Gasteiger partial charge on any atom is 0.270 e. The monoisotopic (exact) mass is 421 g/mol. The number of hydrogen-bond donors (Lipinski definition) is 1. The average molecular weight is 422 g/mol. The Hall–Kier alpha value is -2.15. The smallest absolute Gasteiger partial charge is 0.270 e. The average Bonchev–Trinajstić information content (AvgIpc) is 2.96. The van der Waals surface area contributed by atoms with Crippen LogP contribution in [0.1, 0.15) is 31.1 Å². The third-order valence-corrected chi connectivity index (χ3v) is 5.31. The molecule has 2 amide bonds. The number of aryl methyl sites for hydroxylation is 1. The van der Waals surface area contributed by atoms with Crippen molar-refractivity contribution >= 4 is 64.1 Å². The summed E-state index contributed by atoms with van der Waals surface area (Å²) in [5.41, 5.74) is 2.08. The second-order valence-electron chi connectivity index (χ2n) is 6.45. The second-order valence-corrected chi connectivity index (χ2v) is 7.62. The van der Waals surface area contributed by atoms with Gasteiger partial charge in [0.1, 0.15) is 5.57 Å². The molecule has 27 heavy (non-hydrogen) atoms. The maximum absolute atomic E-state index is 13.0. The van der Waals surface area contributed by atoms with Gasteiger partial charge in [-0.15, -0.1) is 0 Å². The van der Waals surface area contributed by atoms with Gasteiger partial charge in [0.05, 0.1) is 15.7 Å². The minimum atomic E-state index is -0.553. The number of rotatable bonds is 3. The second kappa shape index (κ2) is 7.46. The summed E-state index contributed by atoms with van der Waals surface area (Å²) in [7, 11) is 0. The Morgan fingerprint density at radius 3 is 2.56 bits per heavy atom. The van der Waals surface area contributed by atoms with Gasteiger partial charge in [-0.1, -0.05) is 29.3 Å². The van der Waals surface area contributed by atoms with E-state index in [2.05, 4.69) is 23.7 Å². The predicted octanol–water partition coefficient (Wildman–Crippen LogP) is 4.52. The van der Waals surface area contributed by atoms with E-state index in [1.54, 1.807) is 24.3 Å². The normalized spacial score (nSPS) is 16.4. The van der Waals surface area contributed by atoms with Crippen LogP contribution in [0.25, 0.3) is 6.08 Å². The Labute approximate surface area is 172 Å². The highest BCUT2D eigenvalue weighted by Gasteiger charge is 2.35. The van der Waals surface area contributed by atoms with Crippen molar-refractivity contribution in [3.8, 4) is 0 Å². The number of amides is 2. The molecule has 0 unspecified atom stereocenters. The molecule has 1 saturated heterocycles. The molecule has 1 fully saturated rings. The molecule has 1 aromatic carbocycles. The minimum Gasteiger partial charge on any atom is -0.349 e. The number of halogens is 2. The third kappa shape index (κ3) is 3.65. The van der Waals surface area contributed by atoms with Gasteiger partial charge in [0.15, 0.2) is 5.11 Å². The van der Waals surface area contributed by atoms with E-state index >= 15 is 0 Å². The summed E-state index contributed by atoms with van der Waals surface area (Å²) in [4.78, 5) is 26.6. The molecule has 3 rings (SSSR count). The van der Waals surface area contributed by atoms with Gasteiger partial charge < -0.3 is 4.57 Å². The molecule has 0 aliphatic carbocycles. The summed E-state index contributed by atoms with van der Waals surface area (Å²) in [5, 5.41) is 2.98. The van der Waals surface area contributed by atoms with Crippen molar-refractivity contribution in [2.75, 3.05) is 4.90 Å². The topological polar surface area (TPSA) is 54.3 Å². The van der Waals surface area contributed by atoms with E-state index in [0.717, 1.165) is 11.3 Å². The third-order valence-electron chi connectivity index (χ3n) is 4.21. The van der Waals surface area contributed by atoms with Crippen molar-refractivity contribution in [3.63, 3.8) is 0 Å². The van der Waals surface area contributed by atoms with Crippen LogP contribution in [0.2, 0.25) is 10.0 Å². The van der Waals surface area contributed by atoms with E-state index in [4.69, 9.17) is 35.4 Å². The molecule has 0 atom stereocenters. The van der Waals surface area contributed by atoms with Gasteiger partial charge in [-0.05, 0) is 62.8 Å². The van der Waals surface area contributed by atoms with Crippen LogP contribution in [0.15, 0.2) is 36.0 Å². The SMILES string of the molecule is Cc1cc(/C=C2/C(=O)NC(=S)N(c3cccc(Cl)c3Cl)C2=O)cn1C(C)C. The van der Waals surface area contributed by atoms with Crippen LogP contribution in [0, 0.1) is 6.92 Å². The zero-order chi connectivity index (χ0) is 19.9. The molecule has 1 aliphatic heterocycles. The Morgan fingerprint density at radius 2 is 1.93 bits per heavy atom. The van der Waals surface area contributed by atoms with Crippen LogP contribution < -0.4 is 10.2 Å². The fraction of sp³-hybridized carbons (Fsp3) is 0.211. The first-order valence-corrected chi connectivity index (χ1v) is 9.41. The van der Waals surface area contributed by atoms with Crippen LogP contribution in [-0.4, -0.2) is 21.5 Å². The molecule has 1 aromatic heterocycles. The van der Waals surface area contributed by atoms with E-state index in [-0.39, 0.29) is 26.8 Å². The highest BCUT2D eigenvalue weighted by Crippen LogP contribution is 2.34. The lowest BCUT2D eigenvalue weighted by atomic mass is 10.1. The molecule has 2 heterocycles. The highest BCUT2D eigenvalue weighted by molar-refractivity contribution is 7.80. The molecule has 0 saturated carbocycles. The van der Waals surface area contributed by atoms with Gasteiger partial charge in [0, 0.05) is 17.9 Å². The van der Waals surface area contributed by atoms with Gasteiger partial charge in [0.2, 0.25) is 0 Å². The molecule has 140 valence electrons. The number of hydrogen-bond acceptors (Lipinski definition) is 3. The van der Waals surface area contributed by atoms with Crippen LogP contribution >= 0.6 is 35.4 Å². The molecular formula is C19H17Cl2N3O2S. The van der Waals surface area contributed by atoms with E-state index in [1.165, 1.54) is 4.90 Å². The van der Waals surface area contributed by atoms with E-state index in [0.29, 0.717) is 5.69 Å². The van der Waals surface area contributed by atoms with Crippen LogP contribution in [0.3, 0.4) is 0 Å². The van der Waals surface area contributed by atoms with Gasteiger partial charge in [-0.2, -0.15) is 0 Å². The zero-order valence-corrected chi connectivity index (χ0v) is 17.2. The Balaban J connectivity index is 2.05. The molecule has 0 radical (unpaired) electrons. The lowest BCUT2D eigenvalue weighted by Gasteiger charge is -2.29. The van der Waals surface area contributed by atoms with Gasteiger partial charge in [-0.3, -0.25) is 19.8 Å². The van der Waals surface area contributed by atoms with E-state index in [1.807, 2.05) is 19.2 Å². The lowest BCUT2D eigenvalue weighted by Crippen LogP contribution is -2.54. The van der Waals surface area contributed by atoms with Crippen molar-refractivity contribution < 1.29 is 9.59 Å². The van der Waals surface area contributed by atoms with Gasteiger partial charge in [0.25, 0.3) is 11.8 Å². The fourth-order valence-electron chi connectivity index (χ4n) is 2.96. The summed E-state index contributed by atoms with van der Waals surface area (Å²) in [5.74, 6) is -1.10. The van der Waals surface area contributed by atoms with Crippen molar-refractivity contribution in [2.45, 2.75) is 26.8 Å². The van der Waals surface area contributed by atoms with Crippen LogP contribution in [0.4, 0.5) is 5.69 Å². The van der Waals surface area contributed by atoms with E-state index in [9.17, 15) is 9.59 Å². The molecule has 2 aromatic rings. The molecule has 5 nitrogen and oxygen atoms in total. The molecule has 0 bridgehead atoms. The van der Waals surface area contributed by atoms with Crippen molar-refractivity contribution in [1.82, 2.24) is 9.88 Å². The summed E-state index contributed by atoms with van der Waals surface area (Å²) in [6.07, 6.45) is 3.45. The number of carbonyl (C=O) groups is 2. The fourth-order valence-corrected chi connectivity index (χ4v) is 3.61. The van der Waals surface area contributed by atoms with Crippen molar-refractivity contribution in [2.24, 2.45) is 0 Å². The number of aromatic nitrogens is 1. The number of anilines is 1. The lowest BCUT2D eigenvalue weighted by molar-refractivity contribution is -0.122. The minimum absolute atomic E-state index is 0.0273. The van der Waals surface area contributed by atoms with Gasteiger partial charge >= 0.3 is 0 Å². The molecule has 8 heteroatoms. The highest BCUT2D eigenvalue weighted by atomic mass is 35.5. The number of carbonyl (C=O) groups excluding carboxylic acids is 2. The maximum atomic E-state index is 13.0. The number of benzene rings is 1. The Morgan fingerprint density at radius 1 is 1.22 bits per heavy atom. The summed E-state index contributed by atoms with van der Waals surface area (Å²) < 4.78 is 2.06. The largest absolute Gasteiger partial charge is 0.349 e. The van der Waals surface area contributed by atoms with Crippen LogP contribution in [0.5, 0.6) is 0 Å². The van der Waals surface area contributed by atoms with E-state index < -0.39 is 11.8 Å². The molecule has 1 N–H and O–H groups in total. The number of thiocarbonyl (C=S) groups is 1. The Kier molecular flexibility index (Phi) is 5.42. The number of nitrogens with zero attached hydrogens (tertiary/aromatic N) is 2. The molecule has 1 aliphatic rings. The summed E-state index contributed by atoms with van der Waals surface area (Å²) >= 11 is 17.5. The summed E-state index contributed by atoms with van der Waals surface area (Å²) in [6.45, 7) is 6.09. The zero-order valence-electron chi connectivity index (χ0n) is 14.9.